The van der Waals surface area contributed by atoms with E-state index < -0.39 is 24.3 Å². The number of unbranched alkanes of at least 4 members (excludes halogenated alkanes) is 2. The summed E-state index contributed by atoms with van der Waals surface area (Å²) in [4.78, 5) is 10.5. The highest BCUT2D eigenvalue weighted by Crippen LogP contribution is 2.37. The standard InChI is InChI=1S/C22H38O5/c1-4-5-14-22(2,3)20(25)13-12-17-16(18(23)15-19(17)24)10-8-6-7-9-11-21(26)27/h6,8,12-13,16-20,23-25H,4-5,7,9-11,14-15H2,1-3H3,(H,26,27)/b8-6+,13-12+/t16-,17-,18+,19-,20-/m1/s1. The fraction of sp³-hybridized carbons (Fsp3) is 0.773. The number of hydrogen-bond acceptors (Lipinski definition) is 4. The van der Waals surface area contributed by atoms with Gasteiger partial charge >= 0.3 is 5.97 Å². The molecule has 0 unspecified atom stereocenters. The lowest BCUT2D eigenvalue weighted by molar-refractivity contribution is -0.137. The number of aliphatic hydroxyl groups excluding tert-OH is 3. The van der Waals surface area contributed by atoms with Gasteiger partial charge in [-0.1, -0.05) is 57.9 Å². The normalized spacial score (nSPS) is 27.6. The van der Waals surface area contributed by atoms with Crippen molar-refractivity contribution < 1.29 is 25.2 Å². The summed E-state index contributed by atoms with van der Waals surface area (Å²) in [7, 11) is 0. The Kier molecular flexibility index (Phi) is 10.3. The molecule has 27 heavy (non-hydrogen) atoms. The zero-order valence-corrected chi connectivity index (χ0v) is 17.1. The second-order valence-electron chi connectivity index (χ2n) is 8.53. The summed E-state index contributed by atoms with van der Waals surface area (Å²) in [5, 5.41) is 39.7. The first-order chi connectivity index (χ1) is 12.7. The van der Waals surface area contributed by atoms with Gasteiger partial charge in [-0.25, -0.2) is 0 Å². The van der Waals surface area contributed by atoms with Gasteiger partial charge in [-0.3, -0.25) is 4.79 Å². The first kappa shape index (κ1) is 23.9. The van der Waals surface area contributed by atoms with Crippen molar-refractivity contribution >= 4 is 5.97 Å². The lowest BCUT2D eigenvalue weighted by atomic mass is 9.80. The summed E-state index contributed by atoms with van der Waals surface area (Å²) in [6.45, 7) is 6.23. The molecule has 1 fully saturated rings. The number of hydrogen-bond donors (Lipinski definition) is 4. The van der Waals surface area contributed by atoms with Crippen LogP contribution in [0.25, 0.3) is 0 Å². The molecular weight excluding hydrogens is 344 g/mol. The second kappa shape index (κ2) is 11.6. The van der Waals surface area contributed by atoms with E-state index in [0.717, 1.165) is 19.3 Å². The van der Waals surface area contributed by atoms with Gasteiger partial charge in [-0.05, 0) is 37.0 Å². The molecule has 5 atom stereocenters. The van der Waals surface area contributed by atoms with Crippen LogP contribution in [0.1, 0.15) is 72.1 Å². The van der Waals surface area contributed by atoms with Crippen molar-refractivity contribution in [2.24, 2.45) is 17.3 Å². The van der Waals surface area contributed by atoms with E-state index >= 15 is 0 Å². The third kappa shape index (κ3) is 8.16. The fourth-order valence-corrected chi connectivity index (χ4v) is 3.72. The summed E-state index contributed by atoms with van der Waals surface area (Å²) in [5.41, 5.74) is -0.214. The molecule has 1 rings (SSSR count). The molecule has 0 heterocycles. The molecule has 0 aromatic heterocycles. The van der Waals surface area contributed by atoms with Crippen LogP contribution in [-0.4, -0.2) is 44.7 Å². The molecule has 0 aromatic carbocycles. The highest BCUT2D eigenvalue weighted by atomic mass is 16.4. The highest BCUT2D eigenvalue weighted by molar-refractivity contribution is 5.66. The first-order valence-electron chi connectivity index (χ1n) is 10.3. The Morgan fingerprint density at radius 2 is 1.89 bits per heavy atom. The van der Waals surface area contributed by atoms with E-state index in [9.17, 15) is 20.1 Å². The molecule has 0 spiro atoms. The van der Waals surface area contributed by atoms with E-state index in [0.29, 0.717) is 25.7 Å². The van der Waals surface area contributed by atoms with Gasteiger partial charge in [0, 0.05) is 18.8 Å². The van der Waals surface area contributed by atoms with Crippen molar-refractivity contribution in [2.75, 3.05) is 0 Å². The largest absolute Gasteiger partial charge is 0.481 e. The minimum atomic E-state index is -0.789. The molecule has 0 bridgehead atoms. The minimum absolute atomic E-state index is 0.0853. The smallest absolute Gasteiger partial charge is 0.303 e. The fourth-order valence-electron chi connectivity index (χ4n) is 3.72. The van der Waals surface area contributed by atoms with E-state index in [-0.39, 0.29) is 23.7 Å². The summed E-state index contributed by atoms with van der Waals surface area (Å²) in [6.07, 6.45) is 11.4. The average molecular weight is 383 g/mol. The van der Waals surface area contributed by atoms with Gasteiger partial charge < -0.3 is 20.4 Å². The molecule has 0 amide bonds. The average Bonchev–Trinajstić information content (AvgIpc) is 2.86. The molecule has 5 nitrogen and oxygen atoms in total. The molecule has 0 radical (unpaired) electrons. The zero-order valence-electron chi connectivity index (χ0n) is 17.1. The van der Waals surface area contributed by atoms with Gasteiger partial charge in [0.2, 0.25) is 0 Å². The van der Waals surface area contributed by atoms with Crippen LogP contribution in [0.4, 0.5) is 0 Å². The van der Waals surface area contributed by atoms with Crippen LogP contribution in [0.15, 0.2) is 24.3 Å². The van der Waals surface area contributed by atoms with Gasteiger partial charge in [0.15, 0.2) is 0 Å². The lowest BCUT2D eigenvalue weighted by Gasteiger charge is -2.29. The summed E-state index contributed by atoms with van der Waals surface area (Å²) in [6, 6.07) is 0. The van der Waals surface area contributed by atoms with Crippen molar-refractivity contribution in [1.82, 2.24) is 0 Å². The molecule has 0 aliphatic heterocycles. The van der Waals surface area contributed by atoms with Crippen LogP contribution in [0.5, 0.6) is 0 Å². The molecule has 1 saturated carbocycles. The van der Waals surface area contributed by atoms with Crippen molar-refractivity contribution in [3.05, 3.63) is 24.3 Å². The molecule has 0 aromatic rings. The molecule has 0 saturated heterocycles. The summed E-state index contributed by atoms with van der Waals surface area (Å²) in [5.74, 6) is -1.05. The molecular formula is C22H38O5. The van der Waals surface area contributed by atoms with Gasteiger partial charge in [-0.15, -0.1) is 0 Å². The third-order valence-corrected chi connectivity index (χ3v) is 5.74. The van der Waals surface area contributed by atoms with Crippen molar-refractivity contribution in [3.8, 4) is 0 Å². The summed E-state index contributed by atoms with van der Waals surface area (Å²) < 4.78 is 0. The van der Waals surface area contributed by atoms with Crippen LogP contribution in [0.3, 0.4) is 0 Å². The Morgan fingerprint density at radius 1 is 1.19 bits per heavy atom. The van der Waals surface area contributed by atoms with Crippen LogP contribution >= 0.6 is 0 Å². The lowest BCUT2D eigenvalue weighted by Crippen LogP contribution is -2.28. The molecule has 156 valence electrons. The van der Waals surface area contributed by atoms with Crippen LogP contribution in [-0.2, 0) is 4.79 Å². The number of carboxylic acids is 1. The predicted octanol–water partition coefficient (Wildman–Crippen LogP) is 3.68. The van der Waals surface area contributed by atoms with E-state index in [1.807, 2.05) is 18.2 Å². The third-order valence-electron chi connectivity index (χ3n) is 5.74. The van der Waals surface area contributed by atoms with E-state index in [1.165, 1.54) is 0 Å². The van der Waals surface area contributed by atoms with Gasteiger partial charge in [0.05, 0.1) is 18.3 Å². The number of aliphatic hydroxyl groups is 3. The van der Waals surface area contributed by atoms with E-state index in [2.05, 4.69) is 20.8 Å². The van der Waals surface area contributed by atoms with Crippen LogP contribution < -0.4 is 0 Å². The SMILES string of the molecule is CCCCC(C)(C)[C@H](O)/C=C/[C@@H]1[C@@H](C/C=C/CCCC(=O)O)[C@@H](O)C[C@H]1O. The van der Waals surface area contributed by atoms with Crippen LogP contribution in [0.2, 0.25) is 0 Å². The monoisotopic (exact) mass is 382 g/mol. The predicted molar refractivity (Wildman–Crippen MR) is 107 cm³/mol. The molecule has 5 heteroatoms. The second-order valence-corrected chi connectivity index (χ2v) is 8.53. The minimum Gasteiger partial charge on any atom is -0.481 e. The van der Waals surface area contributed by atoms with Crippen molar-refractivity contribution in [3.63, 3.8) is 0 Å². The maximum absolute atomic E-state index is 10.5. The zero-order chi connectivity index (χ0) is 20.4. The number of rotatable bonds is 12. The van der Waals surface area contributed by atoms with Crippen molar-refractivity contribution in [1.29, 1.82) is 0 Å². The Bertz CT molecular complexity index is 497. The molecule has 1 aliphatic rings. The van der Waals surface area contributed by atoms with E-state index in [4.69, 9.17) is 5.11 Å². The quantitative estimate of drug-likeness (QED) is 0.305. The van der Waals surface area contributed by atoms with Gasteiger partial charge in [0.25, 0.3) is 0 Å². The first-order valence-corrected chi connectivity index (χ1v) is 10.3. The summed E-state index contributed by atoms with van der Waals surface area (Å²) >= 11 is 0. The number of carboxylic acid groups (broad SMARTS) is 1. The highest BCUT2D eigenvalue weighted by Gasteiger charge is 2.39. The Morgan fingerprint density at radius 3 is 2.52 bits per heavy atom. The Hall–Kier alpha value is -1.17. The molecule has 1 aliphatic carbocycles. The van der Waals surface area contributed by atoms with Crippen LogP contribution in [0, 0.1) is 17.3 Å². The maximum atomic E-state index is 10.5. The number of allylic oxidation sites excluding steroid dienone is 2. The van der Waals surface area contributed by atoms with Crippen molar-refractivity contribution in [2.45, 2.75) is 90.4 Å². The number of carbonyl (C=O) groups is 1. The Balaban J connectivity index is 2.62. The molecule has 4 N–H and O–H groups in total. The van der Waals surface area contributed by atoms with Gasteiger partial charge in [0.1, 0.15) is 0 Å². The van der Waals surface area contributed by atoms with E-state index in [1.54, 1.807) is 6.08 Å². The van der Waals surface area contributed by atoms with Gasteiger partial charge in [-0.2, -0.15) is 0 Å². The topological polar surface area (TPSA) is 98.0 Å². The Labute approximate surface area is 163 Å². The maximum Gasteiger partial charge on any atom is 0.303 e. The number of aliphatic carboxylic acids is 1.